The average Bonchev–Trinajstić information content (AvgIpc) is 3.28. The zero-order valence-corrected chi connectivity index (χ0v) is 18.5. The van der Waals surface area contributed by atoms with Gasteiger partial charge in [-0.1, -0.05) is 42.5 Å². The Hall–Kier alpha value is -2.86. The summed E-state index contributed by atoms with van der Waals surface area (Å²) >= 11 is 1.80. The summed E-state index contributed by atoms with van der Waals surface area (Å²) in [6.07, 6.45) is 9.16. The smallest absolute Gasteiger partial charge is 0.219 e. The van der Waals surface area contributed by atoms with Crippen molar-refractivity contribution in [2.45, 2.75) is 36.6 Å². The van der Waals surface area contributed by atoms with Gasteiger partial charge < -0.3 is 9.47 Å². The Bertz CT molecular complexity index is 1130. The lowest BCUT2D eigenvalue weighted by atomic mass is 9.78. The predicted octanol–water partition coefficient (Wildman–Crippen LogP) is 5.35. The molecule has 0 radical (unpaired) electrons. The molecule has 6 heteroatoms. The Labute approximate surface area is 181 Å². The number of thioether (sulfide) groups is 1. The second kappa shape index (κ2) is 7.13. The zero-order chi connectivity index (χ0) is 20.9. The van der Waals surface area contributed by atoms with Gasteiger partial charge in [0.15, 0.2) is 5.88 Å². The number of hydrogen-bond acceptors (Lipinski definition) is 5. The van der Waals surface area contributed by atoms with Crippen LogP contribution in [0.15, 0.2) is 82.6 Å². The number of rotatable bonds is 5. The van der Waals surface area contributed by atoms with Crippen LogP contribution < -0.4 is 4.90 Å². The Morgan fingerprint density at radius 2 is 1.93 bits per heavy atom. The highest BCUT2D eigenvalue weighted by Gasteiger charge is 2.54. The molecule has 0 bridgehead atoms. The number of methoxy groups -OCH3 is 2. The van der Waals surface area contributed by atoms with Crippen LogP contribution in [0.2, 0.25) is 0 Å². The summed E-state index contributed by atoms with van der Waals surface area (Å²) in [5, 5.41) is 1.12. The average molecular weight is 420 g/mol. The van der Waals surface area contributed by atoms with Gasteiger partial charge in [-0.3, -0.25) is 9.47 Å². The maximum absolute atomic E-state index is 5.81. The van der Waals surface area contributed by atoms with Crippen LogP contribution >= 0.6 is 11.8 Å². The molecule has 0 fully saturated rings. The van der Waals surface area contributed by atoms with Crippen LogP contribution in [0.25, 0.3) is 5.70 Å². The molecular weight excluding hydrogens is 394 g/mol. The largest absolute Gasteiger partial charge is 0.496 e. The Morgan fingerprint density at radius 3 is 2.67 bits per heavy atom. The fourth-order valence-corrected chi connectivity index (χ4v) is 5.87. The molecule has 1 spiro atoms. The summed E-state index contributed by atoms with van der Waals surface area (Å²) < 4.78 is 13.9. The first-order valence-corrected chi connectivity index (χ1v) is 11.0. The minimum Gasteiger partial charge on any atom is -0.496 e. The molecule has 1 unspecified atom stereocenters. The summed E-state index contributed by atoms with van der Waals surface area (Å²) in [6.45, 7) is 4.30. The van der Waals surface area contributed by atoms with Crippen molar-refractivity contribution in [2.24, 2.45) is 0 Å². The number of hydrogen-bond donors (Lipinski definition) is 0. The van der Waals surface area contributed by atoms with Crippen LogP contribution in [-0.4, -0.2) is 29.3 Å². The van der Waals surface area contributed by atoms with Crippen LogP contribution in [0.4, 0.5) is 5.95 Å². The van der Waals surface area contributed by atoms with Gasteiger partial charge >= 0.3 is 0 Å². The van der Waals surface area contributed by atoms with Crippen molar-refractivity contribution in [2.75, 3.05) is 19.1 Å². The van der Waals surface area contributed by atoms with Gasteiger partial charge in [0.2, 0.25) is 5.95 Å². The van der Waals surface area contributed by atoms with Crippen LogP contribution in [0.5, 0.6) is 0 Å². The summed E-state index contributed by atoms with van der Waals surface area (Å²) in [6, 6.07) is 10.5. The zero-order valence-electron chi connectivity index (χ0n) is 17.7. The number of ether oxygens (including phenoxy) is 2. The summed E-state index contributed by atoms with van der Waals surface area (Å²) in [5.41, 5.74) is 4.53. The molecule has 0 N–H and O–H groups in total. The van der Waals surface area contributed by atoms with Crippen molar-refractivity contribution >= 4 is 23.4 Å². The third-order valence-corrected chi connectivity index (χ3v) is 7.10. The monoisotopic (exact) mass is 419 g/mol. The van der Waals surface area contributed by atoms with Gasteiger partial charge in [-0.15, -0.1) is 11.8 Å². The van der Waals surface area contributed by atoms with E-state index in [4.69, 9.17) is 14.5 Å². The van der Waals surface area contributed by atoms with Crippen molar-refractivity contribution in [1.29, 1.82) is 0 Å². The third-order valence-electron chi connectivity index (χ3n) is 6.04. The van der Waals surface area contributed by atoms with Crippen molar-refractivity contribution in [3.8, 4) is 0 Å². The van der Waals surface area contributed by atoms with E-state index in [1.807, 2.05) is 12.3 Å². The SMILES string of the molecule is COC1=CC=CC23CC(C)=C(OC)C(C)=C2n2c(SCc4ccccc4)cnc2N13. The van der Waals surface area contributed by atoms with E-state index in [1.54, 1.807) is 26.0 Å². The van der Waals surface area contributed by atoms with Crippen LogP contribution in [0, 0.1) is 0 Å². The van der Waals surface area contributed by atoms with E-state index in [0.717, 1.165) is 40.4 Å². The molecule has 1 aromatic carbocycles. The predicted molar refractivity (Wildman–Crippen MR) is 121 cm³/mol. The number of fused-ring (bicyclic) bond motifs is 3. The van der Waals surface area contributed by atoms with Crippen LogP contribution in [0.1, 0.15) is 25.8 Å². The molecule has 0 amide bonds. The molecule has 5 rings (SSSR count). The molecule has 1 atom stereocenters. The third kappa shape index (κ3) is 2.59. The van der Waals surface area contributed by atoms with E-state index in [9.17, 15) is 0 Å². The molecule has 5 nitrogen and oxygen atoms in total. The lowest BCUT2D eigenvalue weighted by molar-refractivity contribution is 0.262. The van der Waals surface area contributed by atoms with Crippen LogP contribution in [0.3, 0.4) is 0 Å². The Morgan fingerprint density at radius 1 is 1.13 bits per heavy atom. The van der Waals surface area contributed by atoms with E-state index in [0.29, 0.717) is 0 Å². The molecule has 154 valence electrons. The Balaban J connectivity index is 1.66. The van der Waals surface area contributed by atoms with Gasteiger partial charge in [-0.25, -0.2) is 4.98 Å². The fraction of sp³-hybridized carbons (Fsp3) is 0.292. The molecule has 2 aliphatic heterocycles. The van der Waals surface area contributed by atoms with E-state index in [-0.39, 0.29) is 5.54 Å². The van der Waals surface area contributed by atoms with E-state index in [1.165, 1.54) is 16.8 Å². The van der Waals surface area contributed by atoms with Gasteiger partial charge in [-0.2, -0.15) is 0 Å². The maximum atomic E-state index is 5.81. The lowest BCUT2D eigenvalue weighted by Gasteiger charge is -2.42. The second-order valence-electron chi connectivity index (χ2n) is 7.80. The first-order chi connectivity index (χ1) is 14.6. The molecule has 30 heavy (non-hydrogen) atoms. The van der Waals surface area contributed by atoms with Crippen molar-refractivity contribution in [3.63, 3.8) is 0 Å². The van der Waals surface area contributed by atoms with Crippen molar-refractivity contribution in [3.05, 3.63) is 83.1 Å². The standard InChI is InChI=1S/C24H25N3O2S/c1-16-13-24-12-8-11-19(28-3)27(24)23-25-14-20(30-15-18-9-6-5-7-10-18)26(23)22(24)17(2)21(16)29-4/h5-12,14H,13,15H2,1-4H3. The normalized spacial score (nSPS) is 22.0. The van der Waals surface area contributed by atoms with E-state index in [2.05, 4.69) is 65.8 Å². The first kappa shape index (κ1) is 19.1. The fourth-order valence-electron chi connectivity index (χ4n) is 4.93. The molecule has 2 aromatic rings. The van der Waals surface area contributed by atoms with Gasteiger partial charge in [0.25, 0.3) is 0 Å². The van der Waals surface area contributed by atoms with Gasteiger partial charge in [0.1, 0.15) is 16.3 Å². The molecule has 1 aromatic heterocycles. The van der Waals surface area contributed by atoms with Gasteiger partial charge in [-0.05, 0) is 31.1 Å². The minimum atomic E-state index is -0.345. The number of allylic oxidation sites excluding steroid dienone is 3. The number of nitrogens with zero attached hydrogens (tertiary/aromatic N) is 3. The summed E-state index contributed by atoms with van der Waals surface area (Å²) in [5.74, 6) is 3.56. The lowest BCUT2D eigenvalue weighted by Crippen LogP contribution is -2.48. The Kier molecular flexibility index (Phi) is 4.54. The highest BCUT2D eigenvalue weighted by atomic mass is 32.2. The second-order valence-corrected chi connectivity index (χ2v) is 8.79. The topological polar surface area (TPSA) is 39.5 Å². The number of anilines is 1. The summed E-state index contributed by atoms with van der Waals surface area (Å²) in [4.78, 5) is 7.07. The van der Waals surface area contributed by atoms with Crippen molar-refractivity contribution < 1.29 is 9.47 Å². The molecule has 1 aliphatic carbocycles. The van der Waals surface area contributed by atoms with E-state index < -0.39 is 0 Å². The summed E-state index contributed by atoms with van der Waals surface area (Å²) in [7, 11) is 3.47. The molecular formula is C24H25N3O2S. The highest BCUT2D eigenvalue weighted by molar-refractivity contribution is 7.98. The number of benzene rings is 1. The molecule has 0 saturated heterocycles. The van der Waals surface area contributed by atoms with Gasteiger partial charge in [0.05, 0.1) is 26.1 Å². The highest BCUT2D eigenvalue weighted by Crippen LogP contribution is 2.55. The van der Waals surface area contributed by atoms with Crippen LogP contribution in [-0.2, 0) is 15.2 Å². The van der Waals surface area contributed by atoms with Gasteiger partial charge in [0, 0.05) is 17.7 Å². The molecule has 0 saturated carbocycles. The van der Waals surface area contributed by atoms with E-state index >= 15 is 0 Å². The minimum absolute atomic E-state index is 0.345. The molecule has 3 aliphatic rings. The maximum Gasteiger partial charge on any atom is 0.219 e. The quantitative estimate of drug-likeness (QED) is 0.611. The first-order valence-electron chi connectivity index (χ1n) is 10.0. The molecule has 3 heterocycles. The van der Waals surface area contributed by atoms with Crippen molar-refractivity contribution in [1.82, 2.24) is 9.55 Å². The number of imidazole rings is 1. The number of aromatic nitrogens is 2.